The van der Waals surface area contributed by atoms with E-state index in [0.29, 0.717) is 19.3 Å². The number of carbonyl (C=O) groups excluding carboxylic acids is 1. The van der Waals surface area contributed by atoms with E-state index in [1.54, 1.807) is 6.08 Å². The van der Waals surface area contributed by atoms with Gasteiger partial charge in [0.2, 0.25) is 5.91 Å². The van der Waals surface area contributed by atoms with E-state index < -0.39 is 61.5 Å². The Morgan fingerprint density at radius 3 is 1.21 bits per heavy atom. The summed E-state index contributed by atoms with van der Waals surface area (Å²) in [4.78, 5) is 13.1. The smallest absolute Gasteiger partial charge is 0.249 e. The molecule has 1 aliphatic rings. The van der Waals surface area contributed by atoms with E-state index in [0.717, 1.165) is 32.1 Å². The van der Waals surface area contributed by atoms with Crippen molar-refractivity contribution in [2.75, 3.05) is 13.2 Å². The van der Waals surface area contributed by atoms with Gasteiger partial charge >= 0.3 is 0 Å². The number of allylic oxidation sites excluding steroid dienone is 5. The molecule has 0 aromatic heterocycles. The molecule has 0 saturated carbocycles. The summed E-state index contributed by atoms with van der Waals surface area (Å²) in [6.07, 6.45) is 57.0. The number of aliphatic hydroxyl groups is 6. The molecule has 10 nitrogen and oxygen atoms in total. The summed E-state index contributed by atoms with van der Waals surface area (Å²) in [5, 5.41) is 65.0. The molecule has 0 aromatic carbocycles. The Bertz CT molecular complexity index is 1240. The minimum atomic E-state index is -1.62. The van der Waals surface area contributed by atoms with Gasteiger partial charge in [-0.2, -0.15) is 0 Å². The fraction of sp³-hybridized carbons (Fsp3) is 0.887. The number of nitrogens with one attached hydrogen (secondary N) is 1. The van der Waals surface area contributed by atoms with Crippen molar-refractivity contribution < 1.29 is 44.9 Å². The van der Waals surface area contributed by atoms with E-state index in [1.165, 1.54) is 225 Å². The summed E-state index contributed by atoms with van der Waals surface area (Å²) < 4.78 is 11.2. The van der Waals surface area contributed by atoms with Crippen LogP contribution in [0.2, 0.25) is 0 Å². The van der Waals surface area contributed by atoms with Crippen LogP contribution < -0.4 is 5.32 Å². The summed E-state index contributed by atoms with van der Waals surface area (Å²) in [6.45, 7) is 3.63. The van der Waals surface area contributed by atoms with Gasteiger partial charge in [-0.15, -0.1) is 0 Å². The zero-order valence-electron chi connectivity index (χ0n) is 46.8. The second kappa shape index (κ2) is 51.5. The Kier molecular flexibility index (Phi) is 48.9. The summed E-state index contributed by atoms with van der Waals surface area (Å²) in [5.41, 5.74) is 0. The van der Waals surface area contributed by atoms with Crippen LogP contribution in [-0.4, -0.2) is 98.7 Å². The standard InChI is InChI=1S/C62H117NO9/c1-3-5-7-9-11-13-15-17-19-21-22-23-24-25-26-27-28-29-30-31-32-33-34-35-37-39-41-43-45-47-49-51-56(66)61(70)63-54(53-71-62-60(69)59(68)58(67)57(52-64)72-62)55(65)50-48-46-44-42-40-38-36-20-18-16-14-12-10-8-6-4-2/h25-26,40,42,48,50,54-60,62,64-69H,3-24,27-39,41,43-47,49,51-53H2,1-2H3,(H,63,70)/b26-25-,42-40+,50-48+. The van der Waals surface area contributed by atoms with Crippen LogP contribution in [0.1, 0.15) is 290 Å². The number of ether oxygens (including phenoxy) is 2. The minimum absolute atomic E-state index is 0.306. The highest BCUT2D eigenvalue weighted by Gasteiger charge is 2.44. The Morgan fingerprint density at radius 1 is 0.472 bits per heavy atom. The van der Waals surface area contributed by atoms with E-state index >= 15 is 0 Å². The second-order valence-electron chi connectivity index (χ2n) is 21.6. The number of unbranched alkanes of at least 4 members (excludes halogenated alkanes) is 38. The molecule has 1 saturated heterocycles. The second-order valence-corrected chi connectivity index (χ2v) is 21.6. The maximum atomic E-state index is 13.1. The molecule has 1 aliphatic heterocycles. The normalized spacial score (nSPS) is 19.8. The van der Waals surface area contributed by atoms with Crippen LogP contribution in [0.4, 0.5) is 0 Å². The average Bonchev–Trinajstić information content (AvgIpc) is 3.38. The SMILES string of the molecule is CCCCCCCCCCCC/C=C/CC/C=C/C(O)C(COC1OC(CO)C(O)C(O)C1O)NC(=O)C(O)CCCCCCCCCCCCCCCCC/C=C\CCCCCCCCCCCCCC. The molecule has 0 radical (unpaired) electrons. The number of rotatable bonds is 53. The first-order chi connectivity index (χ1) is 35.3. The van der Waals surface area contributed by atoms with Crippen molar-refractivity contribution in [3.8, 4) is 0 Å². The van der Waals surface area contributed by atoms with Gasteiger partial charge in [0.15, 0.2) is 6.29 Å². The molecule has 424 valence electrons. The molecule has 1 heterocycles. The van der Waals surface area contributed by atoms with Gasteiger partial charge in [0, 0.05) is 0 Å². The maximum absolute atomic E-state index is 13.1. The third kappa shape index (κ3) is 39.7. The van der Waals surface area contributed by atoms with Crippen LogP contribution in [0, 0.1) is 0 Å². The van der Waals surface area contributed by atoms with Gasteiger partial charge in [0.05, 0.1) is 25.4 Å². The van der Waals surface area contributed by atoms with Crippen molar-refractivity contribution in [2.45, 2.75) is 339 Å². The zero-order chi connectivity index (χ0) is 52.4. The Morgan fingerprint density at radius 2 is 0.819 bits per heavy atom. The highest BCUT2D eigenvalue weighted by Crippen LogP contribution is 2.23. The molecule has 8 atom stereocenters. The maximum Gasteiger partial charge on any atom is 0.249 e. The van der Waals surface area contributed by atoms with E-state index in [9.17, 15) is 35.4 Å². The first kappa shape index (κ1) is 68.4. The lowest BCUT2D eigenvalue weighted by Gasteiger charge is -2.40. The van der Waals surface area contributed by atoms with Crippen molar-refractivity contribution >= 4 is 5.91 Å². The molecular weight excluding hydrogens is 903 g/mol. The summed E-state index contributed by atoms with van der Waals surface area (Å²) in [6, 6.07) is -0.996. The summed E-state index contributed by atoms with van der Waals surface area (Å²) >= 11 is 0. The van der Waals surface area contributed by atoms with Crippen LogP contribution in [0.15, 0.2) is 36.5 Å². The molecule has 0 aromatic rings. The zero-order valence-corrected chi connectivity index (χ0v) is 46.8. The van der Waals surface area contributed by atoms with E-state index in [-0.39, 0.29) is 6.61 Å². The Balaban J connectivity index is 2.19. The predicted octanol–water partition coefficient (Wildman–Crippen LogP) is 14.5. The molecule has 72 heavy (non-hydrogen) atoms. The van der Waals surface area contributed by atoms with Gasteiger partial charge in [-0.1, -0.05) is 269 Å². The highest BCUT2D eigenvalue weighted by atomic mass is 16.7. The van der Waals surface area contributed by atoms with E-state index in [2.05, 4.69) is 43.5 Å². The molecule has 1 amide bonds. The molecule has 8 unspecified atom stereocenters. The highest BCUT2D eigenvalue weighted by molar-refractivity contribution is 5.80. The Hall–Kier alpha value is -1.63. The number of hydrogen-bond acceptors (Lipinski definition) is 9. The molecule has 7 N–H and O–H groups in total. The lowest BCUT2D eigenvalue weighted by atomic mass is 9.99. The van der Waals surface area contributed by atoms with Gasteiger partial charge in [-0.3, -0.25) is 4.79 Å². The number of aliphatic hydroxyl groups excluding tert-OH is 6. The minimum Gasteiger partial charge on any atom is -0.394 e. The first-order valence-electron chi connectivity index (χ1n) is 30.8. The molecular formula is C62H117NO9. The summed E-state index contributed by atoms with van der Waals surface area (Å²) in [7, 11) is 0. The van der Waals surface area contributed by atoms with Crippen LogP contribution >= 0.6 is 0 Å². The topological polar surface area (TPSA) is 169 Å². The van der Waals surface area contributed by atoms with Gasteiger partial charge in [0.25, 0.3) is 0 Å². The number of hydrogen-bond donors (Lipinski definition) is 7. The van der Waals surface area contributed by atoms with Gasteiger partial charge in [-0.25, -0.2) is 0 Å². The lowest BCUT2D eigenvalue weighted by molar-refractivity contribution is -0.302. The van der Waals surface area contributed by atoms with Crippen molar-refractivity contribution in [3.05, 3.63) is 36.5 Å². The van der Waals surface area contributed by atoms with Crippen molar-refractivity contribution in [1.82, 2.24) is 5.32 Å². The Labute approximate surface area is 443 Å². The molecule has 0 bridgehead atoms. The predicted molar refractivity (Wildman–Crippen MR) is 301 cm³/mol. The largest absolute Gasteiger partial charge is 0.394 e. The molecule has 0 spiro atoms. The fourth-order valence-electron chi connectivity index (χ4n) is 9.82. The van der Waals surface area contributed by atoms with Crippen molar-refractivity contribution in [3.63, 3.8) is 0 Å². The molecule has 1 fully saturated rings. The van der Waals surface area contributed by atoms with Crippen molar-refractivity contribution in [2.24, 2.45) is 0 Å². The molecule has 0 aliphatic carbocycles. The quantitative estimate of drug-likeness (QED) is 0.0232. The third-order valence-electron chi connectivity index (χ3n) is 14.8. The van der Waals surface area contributed by atoms with Gasteiger partial charge in [-0.05, 0) is 57.8 Å². The number of amides is 1. The molecule has 10 heteroatoms. The van der Waals surface area contributed by atoms with Gasteiger partial charge in [0.1, 0.15) is 30.5 Å². The average molecular weight is 1020 g/mol. The van der Waals surface area contributed by atoms with E-state index in [4.69, 9.17) is 9.47 Å². The van der Waals surface area contributed by atoms with Crippen molar-refractivity contribution in [1.29, 1.82) is 0 Å². The van der Waals surface area contributed by atoms with Gasteiger partial charge < -0.3 is 45.4 Å². The van der Waals surface area contributed by atoms with Crippen LogP contribution in [0.25, 0.3) is 0 Å². The first-order valence-corrected chi connectivity index (χ1v) is 30.8. The monoisotopic (exact) mass is 1020 g/mol. The van der Waals surface area contributed by atoms with Crippen LogP contribution in [-0.2, 0) is 14.3 Å². The molecule has 1 rings (SSSR count). The van der Waals surface area contributed by atoms with Crippen LogP contribution in [0.3, 0.4) is 0 Å². The lowest BCUT2D eigenvalue weighted by Crippen LogP contribution is -2.60. The van der Waals surface area contributed by atoms with E-state index in [1.807, 2.05) is 6.08 Å². The van der Waals surface area contributed by atoms with Crippen LogP contribution in [0.5, 0.6) is 0 Å². The summed E-state index contributed by atoms with van der Waals surface area (Å²) in [5.74, 6) is -0.622. The fourth-order valence-corrected chi connectivity index (χ4v) is 9.82. The third-order valence-corrected chi connectivity index (χ3v) is 14.8. The number of carbonyl (C=O) groups is 1.